The number of nitrogens with one attached hydrogen (secondary N) is 1. The van der Waals surface area contributed by atoms with Gasteiger partial charge in [-0.05, 0) is 11.1 Å². The fourth-order valence-corrected chi connectivity index (χ4v) is 5.89. The van der Waals surface area contributed by atoms with Crippen molar-refractivity contribution in [1.29, 1.82) is 0 Å². The molecular weight excluding hydrogens is 672 g/mol. The predicted octanol–water partition coefficient (Wildman–Crippen LogP) is 3.94. The molecule has 10 nitrogen and oxygen atoms in total. The van der Waals surface area contributed by atoms with Crippen LogP contribution in [0.25, 0.3) is 0 Å². The number of aromatic nitrogens is 1. The number of hydrogen-bond donors (Lipinski definition) is 2. The smallest absolute Gasteiger partial charge is 0.490 e. The van der Waals surface area contributed by atoms with Crippen LogP contribution in [-0.4, -0.2) is 82.9 Å². The molecule has 4 heterocycles. The van der Waals surface area contributed by atoms with E-state index in [1.54, 1.807) is 6.20 Å². The van der Waals surface area contributed by atoms with Crippen molar-refractivity contribution in [2.45, 2.75) is 43.9 Å². The lowest BCUT2D eigenvalue weighted by Crippen LogP contribution is -2.65. The van der Waals surface area contributed by atoms with Crippen molar-refractivity contribution in [3.8, 4) is 0 Å². The summed E-state index contributed by atoms with van der Waals surface area (Å²) in [6, 6.07) is 19.3. The number of piperidine rings is 3. The zero-order chi connectivity index (χ0) is 35.5. The number of halogens is 6. The number of Topliss-reactive ketones (excluding diaryl/α,β-unsaturated/α-hetero) is 1. The molecule has 2 bridgehead atoms. The van der Waals surface area contributed by atoms with Crippen molar-refractivity contribution >= 4 is 35.0 Å². The molecular formula is C31H31F6N3O7S. The molecule has 0 saturated carbocycles. The SMILES string of the molecule is O=C(C[N+]12CCC(CC1)[C@@H](OC(=O)C(NCc1ccccc1)c1ccccc1)C2)c1nccs1.O=C(O)C(F)(F)F.O=C([O-])C(F)(F)F. The number of rotatable bonds is 9. The number of aliphatic carboxylic acids is 2. The minimum absolute atomic E-state index is 0.0899. The predicted molar refractivity (Wildman–Crippen MR) is 156 cm³/mol. The van der Waals surface area contributed by atoms with Crippen LogP contribution in [-0.2, 0) is 25.7 Å². The highest BCUT2D eigenvalue weighted by Crippen LogP contribution is 2.36. The Morgan fingerprint density at radius 2 is 1.50 bits per heavy atom. The van der Waals surface area contributed by atoms with Crippen LogP contribution in [0.2, 0.25) is 0 Å². The summed E-state index contributed by atoms with van der Waals surface area (Å²) in [7, 11) is 0. The van der Waals surface area contributed by atoms with Gasteiger partial charge in [0.05, 0.1) is 13.1 Å². The van der Waals surface area contributed by atoms with Gasteiger partial charge in [-0.25, -0.2) is 14.6 Å². The van der Waals surface area contributed by atoms with E-state index >= 15 is 0 Å². The standard InChI is InChI=1S/C27H30N3O3S.2C2HF3O2/c31-23(26-28-13-16-34-26)18-30-14-11-21(12-15-30)24(19-30)33-27(32)25(22-9-5-2-6-10-22)29-17-20-7-3-1-4-8-20;2*3-2(4,5)1(6)7/h1-10,13,16,21,24-25,29H,11-12,14-15,17-19H2;2*(H,6,7)/q+1;;/p-1/t21?,24-,25?,30?;;/m0../s1. The number of carbonyl (C=O) groups is 4. The van der Waals surface area contributed by atoms with E-state index in [1.165, 1.54) is 11.3 Å². The third kappa shape index (κ3) is 11.4. The lowest BCUT2D eigenvalue weighted by Gasteiger charge is -2.51. The maximum Gasteiger partial charge on any atom is 0.490 e. The number of ketones is 1. The van der Waals surface area contributed by atoms with Gasteiger partial charge in [0.1, 0.15) is 25.1 Å². The second kappa shape index (κ2) is 16.7. The van der Waals surface area contributed by atoms with Crippen molar-refractivity contribution in [2.24, 2.45) is 5.92 Å². The van der Waals surface area contributed by atoms with E-state index < -0.39 is 30.3 Å². The first-order valence-electron chi connectivity index (χ1n) is 14.4. The molecule has 3 saturated heterocycles. The van der Waals surface area contributed by atoms with Gasteiger partial charge < -0.3 is 24.2 Å². The van der Waals surface area contributed by atoms with Crippen LogP contribution in [0.5, 0.6) is 0 Å². The first-order chi connectivity index (χ1) is 22.5. The van der Waals surface area contributed by atoms with Crippen molar-refractivity contribution in [2.75, 3.05) is 26.2 Å². The second-order valence-corrected chi connectivity index (χ2v) is 11.9. The van der Waals surface area contributed by atoms with Crippen molar-refractivity contribution in [3.05, 3.63) is 88.4 Å². The van der Waals surface area contributed by atoms with Gasteiger partial charge in [0.2, 0.25) is 5.78 Å². The monoisotopic (exact) mass is 703 g/mol. The summed E-state index contributed by atoms with van der Waals surface area (Å²) in [4.78, 5) is 48.1. The number of carboxylic acid groups (broad SMARTS) is 2. The third-order valence-electron chi connectivity index (χ3n) is 7.65. The Labute approximate surface area is 274 Å². The van der Waals surface area contributed by atoms with Gasteiger partial charge in [-0.2, -0.15) is 26.3 Å². The molecule has 0 aliphatic carbocycles. The van der Waals surface area contributed by atoms with E-state index in [4.69, 9.17) is 24.5 Å². The van der Waals surface area contributed by atoms with Crippen molar-refractivity contribution in [1.82, 2.24) is 10.3 Å². The third-order valence-corrected chi connectivity index (χ3v) is 8.47. The lowest BCUT2D eigenvalue weighted by atomic mass is 9.83. The summed E-state index contributed by atoms with van der Waals surface area (Å²) in [6.07, 6.45) is -6.80. The molecule has 1 aromatic heterocycles. The van der Waals surface area contributed by atoms with E-state index in [2.05, 4.69) is 10.3 Å². The zero-order valence-electron chi connectivity index (χ0n) is 25.1. The average molecular weight is 704 g/mol. The van der Waals surface area contributed by atoms with Crippen LogP contribution in [0.4, 0.5) is 26.3 Å². The molecule has 2 N–H and O–H groups in total. The van der Waals surface area contributed by atoms with Gasteiger partial charge >= 0.3 is 24.3 Å². The molecule has 17 heteroatoms. The van der Waals surface area contributed by atoms with Crippen molar-refractivity contribution in [3.63, 3.8) is 0 Å². The fraction of sp³-hybridized carbons (Fsp3) is 0.387. The second-order valence-electron chi connectivity index (χ2n) is 11.0. The number of benzene rings is 2. The van der Waals surface area contributed by atoms with Crippen LogP contribution >= 0.6 is 11.3 Å². The van der Waals surface area contributed by atoms with Gasteiger partial charge in [-0.15, -0.1) is 11.3 Å². The highest BCUT2D eigenvalue weighted by atomic mass is 32.1. The highest BCUT2D eigenvalue weighted by Gasteiger charge is 2.49. The number of nitrogens with zero attached hydrogens (tertiary/aromatic N) is 2. The first kappa shape index (κ1) is 38.1. The fourth-order valence-electron chi connectivity index (χ4n) is 5.33. The topological polar surface area (TPSA) is 146 Å². The molecule has 2 atom stereocenters. The average Bonchev–Trinajstić information content (AvgIpc) is 3.58. The van der Waals surface area contributed by atoms with Crippen LogP contribution < -0.4 is 10.4 Å². The minimum atomic E-state index is -5.19. The van der Waals surface area contributed by atoms with Crippen molar-refractivity contribution < 1.29 is 65.0 Å². The number of carbonyl (C=O) groups excluding carboxylic acids is 3. The summed E-state index contributed by atoms with van der Waals surface area (Å²) in [5, 5.41) is 21.7. The number of carboxylic acids is 2. The number of thiazole rings is 1. The van der Waals surface area contributed by atoms with Crippen LogP contribution in [0.3, 0.4) is 0 Å². The Kier molecular flexibility index (Phi) is 13.2. The maximum atomic E-state index is 13.5. The molecule has 260 valence electrons. The van der Waals surface area contributed by atoms with E-state index in [0.717, 1.165) is 37.1 Å². The maximum absolute atomic E-state index is 13.5. The molecule has 48 heavy (non-hydrogen) atoms. The summed E-state index contributed by atoms with van der Waals surface area (Å²) < 4.78 is 70.2. The first-order valence-corrected chi connectivity index (χ1v) is 15.3. The van der Waals surface area contributed by atoms with Gasteiger partial charge in [0.15, 0.2) is 11.1 Å². The van der Waals surface area contributed by atoms with Gasteiger partial charge in [-0.3, -0.25) is 10.1 Å². The molecule has 0 amide bonds. The van der Waals surface area contributed by atoms with Gasteiger partial charge in [-0.1, -0.05) is 60.7 Å². The van der Waals surface area contributed by atoms with Crippen LogP contribution in [0.15, 0.2) is 72.2 Å². The van der Waals surface area contributed by atoms with E-state index in [1.807, 2.05) is 66.0 Å². The molecule has 0 spiro atoms. The molecule has 6 rings (SSSR count). The number of alkyl halides is 6. The number of ether oxygens (including phenoxy) is 1. The summed E-state index contributed by atoms with van der Waals surface area (Å²) in [6.45, 7) is 3.64. The number of hydrogen-bond acceptors (Lipinski definition) is 9. The Morgan fingerprint density at radius 1 is 0.958 bits per heavy atom. The molecule has 0 radical (unpaired) electrons. The number of fused-ring (bicyclic) bond motifs is 3. The van der Waals surface area contributed by atoms with E-state index in [0.29, 0.717) is 35.0 Å². The molecule has 3 aliphatic heterocycles. The normalized spacial score (nSPS) is 20.6. The lowest BCUT2D eigenvalue weighted by molar-refractivity contribution is -0.938. The number of quaternary nitrogens is 1. The van der Waals surface area contributed by atoms with Crippen LogP contribution in [0.1, 0.15) is 39.8 Å². The van der Waals surface area contributed by atoms with E-state index in [-0.39, 0.29) is 17.9 Å². The number of esters is 1. The Bertz CT molecular complexity index is 1470. The van der Waals surface area contributed by atoms with E-state index in [9.17, 15) is 35.9 Å². The minimum Gasteiger partial charge on any atom is -0.542 e. The molecule has 2 aromatic carbocycles. The Hall–Kier alpha value is -4.35. The molecule has 3 aliphatic rings. The largest absolute Gasteiger partial charge is 0.542 e. The Morgan fingerprint density at radius 3 is 1.98 bits per heavy atom. The quantitative estimate of drug-likeness (QED) is 0.147. The van der Waals surface area contributed by atoms with Gasteiger partial charge in [0, 0.05) is 36.9 Å². The Balaban J connectivity index is 0.000000376. The molecule has 1 unspecified atom stereocenters. The molecule has 3 fully saturated rings. The summed E-state index contributed by atoms with van der Waals surface area (Å²) >= 11 is 1.39. The van der Waals surface area contributed by atoms with Gasteiger partial charge in [0.25, 0.3) is 0 Å². The van der Waals surface area contributed by atoms with Crippen LogP contribution in [0, 0.1) is 5.92 Å². The summed E-state index contributed by atoms with van der Waals surface area (Å²) in [5.74, 6) is -5.55. The summed E-state index contributed by atoms with van der Waals surface area (Å²) in [5.41, 5.74) is 2.01. The highest BCUT2D eigenvalue weighted by molar-refractivity contribution is 7.11. The molecule has 3 aromatic rings. The zero-order valence-corrected chi connectivity index (χ0v) is 25.9.